The lowest BCUT2D eigenvalue weighted by atomic mass is 9.98. The molecule has 0 saturated carbocycles. The summed E-state index contributed by atoms with van der Waals surface area (Å²) in [7, 11) is 0. The molecule has 0 radical (unpaired) electrons. The molecule has 0 fully saturated rings. The fourth-order valence-electron chi connectivity index (χ4n) is 4.66. The SMILES string of the molecule is CCCCCCCN(C(=O)C(CCSC)NC(=O)OC(C)(C)C)C(C(=O)Nc1ccccc1C)c1cccc(C)c1O. The summed E-state index contributed by atoms with van der Waals surface area (Å²) in [5, 5.41) is 16.9. The molecule has 2 rings (SSSR count). The van der Waals surface area contributed by atoms with Crippen LogP contribution in [0.2, 0.25) is 0 Å². The third-order valence-corrected chi connectivity index (χ3v) is 7.56. The van der Waals surface area contributed by atoms with Crippen LogP contribution in [-0.4, -0.2) is 58.1 Å². The van der Waals surface area contributed by atoms with Crippen LogP contribution >= 0.6 is 11.8 Å². The van der Waals surface area contributed by atoms with Gasteiger partial charge in [0.1, 0.15) is 23.4 Å². The molecule has 0 aliphatic rings. The van der Waals surface area contributed by atoms with Crippen LogP contribution in [0.1, 0.15) is 89.0 Å². The van der Waals surface area contributed by atoms with Gasteiger partial charge in [0.2, 0.25) is 5.91 Å². The van der Waals surface area contributed by atoms with E-state index in [0.717, 1.165) is 31.2 Å². The maximum absolute atomic E-state index is 14.4. The molecule has 2 aromatic rings. The zero-order chi connectivity index (χ0) is 31.3. The number of para-hydroxylation sites is 2. The van der Waals surface area contributed by atoms with E-state index in [-0.39, 0.29) is 12.3 Å². The van der Waals surface area contributed by atoms with Crippen molar-refractivity contribution < 1.29 is 24.2 Å². The fraction of sp³-hybridized carbons (Fsp3) is 0.545. The molecule has 42 heavy (non-hydrogen) atoms. The van der Waals surface area contributed by atoms with Crippen LogP contribution in [0.15, 0.2) is 42.5 Å². The summed E-state index contributed by atoms with van der Waals surface area (Å²) in [5.74, 6) is -0.247. The van der Waals surface area contributed by atoms with Crippen molar-refractivity contribution in [2.24, 2.45) is 0 Å². The summed E-state index contributed by atoms with van der Waals surface area (Å²) in [4.78, 5) is 42.9. The lowest BCUT2D eigenvalue weighted by molar-refractivity contribution is -0.141. The highest BCUT2D eigenvalue weighted by Crippen LogP contribution is 2.34. The second-order valence-electron chi connectivity index (χ2n) is 11.6. The lowest BCUT2D eigenvalue weighted by Gasteiger charge is -2.35. The number of thioether (sulfide) groups is 1. The molecule has 2 atom stereocenters. The van der Waals surface area contributed by atoms with Crippen LogP contribution in [0.25, 0.3) is 0 Å². The van der Waals surface area contributed by atoms with E-state index in [1.165, 1.54) is 4.90 Å². The summed E-state index contributed by atoms with van der Waals surface area (Å²) < 4.78 is 5.48. The number of rotatable bonds is 15. The van der Waals surface area contributed by atoms with E-state index in [2.05, 4.69) is 17.6 Å². The Morgan fingerprint density at radius 1 is 0.976 bits per heavy atom. The van der Waals surface area contributed by atoms with E-state index < -0.39 is 35.6 Å². The Hall–Kier alpha value is -3.20. The number of nitrogens with one attached hydrogen (secondary N) is 2. The van der Waals surface area contributed by atoms with Gasteiger partial charge in [-0.1, -0.05) is 69.0 Å². The van der Waals surface area contributed by atoms with E-state index in [9.17, 15) is 19.5 Å². The van der Waals surface area contributed by atoms with Crippen LogP contribution in [0.5, 0.6) is 5.75 Å². The molecule has 0 aromatic heterocycles. The minimum Gasteiger partial charge on any atom is -0.507 e. The minimum absolute atomic E-state index is 0.0352. The second kappa shape index (κ2) is 17.0. The molecule has 3 N–H and O–H groups in total. The van der Waals surface area contributed by atoms with E-state index in [1.807, 2.05) is 37.4 Å². The predicted octanol–water partition coefficient (Wildman–Crippen LogP) is 7.13. The summed E-state index contributed by atoms with van der Waals surface area (Å²) >= 11 is 1.56. The number of amides is 3. The van der Waals surface area contributed by atoms with Gasteiger partial charge in [0.05, 0.1) is 0 Å². The number of ether oxygens (including phenoxy) is 1. The number of hydrogen-bond acceptors (Lipinski definition) is 6. The van der Waals surface area contributed by atoms with Crippen molar-refractivity contribution in [1.82, 2.24) is 10.2 Å². The van der Waals surface area contributed by atoms with Gasteiger partial charge in [0.25, 0.3) is 5.91 Å². The molecule has 0 aliphatic heterocycles. The zero-order valence-electron chi connectivity index (χ0n) is 26.3. The summed E-state index contributed by atoms with van der Waals surface area (Å²) in [6.45, 7) is 11.4. The van der Waals surface area contributed by atoms with Gasteiger partial charge in [0.15, 0.2) is 0 Å². The highest BCUT2D eigenvalue weighted by atomic mass is 32.2. The van der Waals surface area contributed by atoms with Crippen molar-refractivity contribution in [3.05, 3.63) is 59.2 Å². The van der Waals surface area contributed by atoms with E-state index in [1.54, 1.807) is 57.7 Å². The molecule has 8 nitrogen and oxygen atoms in total. The Morgan fingerprint density at radius 2 is 1.64 bits per heavy atom. The van der Waals surface area contributed by atoms with E-state index >= 15 is 0 Å². The maximum atomic E-state index is 14.4. The highest BCUT2D eigenvalue weighted by molar-refractivity contribution is 7.98. The number of alkyl carbamates (subject to hydrolysis) is 1. The number of phenols is 1. The Bertz CT molecular complexity index is 1180. The third kappa shape index (κ3) is 10.9. The first-order valence-electron chi connectivity index (χ1n) is 14.8. The summed E-state index contributed by atoms with van der Waals surface area (Å²) in [6, 6.07) is 10.6. The van der Waals surface area contributed by atoms with Gasteiger partial charge in [-0.05, 0) is 76.7 Å². The number of nitrogens with zero attached hydrogens (tertiary/aromatic N) is 1. The Labute approximate surface area is 256 Å². The van der Waals surface area contributed by atoms with E-state index in [4.69, 9.17) is 4.74 Å². The molecule has 232 valence electrons. The zero-order valence-corrected chi connectivity index (χ0v) is 27.1. The molecule has 3 amide bonds. The number of aryl methyl sites for hydroxylation is 2. The second-order valence-corrected chi connectivity index (χ2v) is 12.6. The molecule has 0 bridgehead atoms. The Morgan fingerprint density at radius 3 is 2.29 bits per heavy atom. The first kappa shape index (κ1) is 35.0. The van der Waals surface area contributed by atoms with Crippen LogP contribution in [0.4, 0.5) is 10.5 Å². The predicted molar refractivity (Wildman–Crippen MR) is 172 cm³/mol. The largest absolute Gasteiger partial charge is 0.507 e. The third-order valence-electron chi connectivity index (χ3n) is 6.91. The van der Waals surface area contributed by atoms with Gasteiger partial charge in [-0.2, -0.15) is 11.8 Å². The topological polar surface area (TPSA) is 108 Å². The van der Waals surface area contributed by atoms with E-state index in [0.29, 0.717) is 35.4 Å². The molecule has 2 aromatic carbocycles. The number of phenolic OH excluding ortho intramolecular Hbond substituents is 1. The Kier molecular flexibility index (Phi) is 14.2. The van der Waals surface area contributed by atoms with Gasteiger partial charge < -0.3 is 25.4 Å². The maximum Gasteiger partial charge on any atom is 0.408 e. The van der Waals surface area contributed by atoms with Crippen LogP contribution < -0.4 is 10.6 Å². The Balaban J connectivity index is 2.58. The fourth-order valence-corrected chi connectivity index (χ4v) is 5.13. The molecule has 9 heteroatoms. The number of carbonyl (C=O) groups is 3. The van der Waals surface area contributed by atoms with Crippen LogP contribution in [0, 0.1) is 13.8 Å². The molecule has 0 spiro atoms. The molecular formula is C33H49N3O5S. The first-order chi connectivity index (χ1) is 19.9. The monoisotopic (exact) mass is 599 g/mol. The molecule has 0 heterocycles. The van der Waals surface area contributed by atoms with Gasteiger partial charge in [-0.25, -0.2) is 4.79 Å². The highest BCUT2D eigenvalue weighted by Gasteiger charge is 2.37. The van der Waals surface area contributed by atoms with Crippen molar-refractivity contribution in [2.75, 3.05) is 23.9 Å². The number of anilines is 1. The van der Waals surface area contributed by atoms with Crippen molar-refractivity contribution >= 4 is 35.4 Å². The van der Waals surface area contributed by atoms with Crippen molar-refractivity contribution in [2.45, 2.75) is 97.8 Å². The summed E-state index contributed by atoms with van der Waals surface area (Å²) in [6.07, 6.45) is 6.34. The first-order valence-corrected chi connectivity index (χ1v) is 16.2. The van der Waals surface area contributed by atoms with Crippen LogP contribution in [0.3, 0.4) is 0 Å². The number of aromatic hydroxyl groups is 1. The quantitative estimate of drug-likeness (QED) is 0.188. The molecule has 0 saturated heterocycles. The molecule has 2 unspecified atom stereocenters. The number of hydrogen-bond donors (Lipinski definition) is 3. The minimum atomic E-state index is -1.12. The normalized spacial score (nSPS) is 12.7. The van der Waals surface area contributed by atoms with Crippen molar-refractivity contribution in [1.29, 1.82) is 0 Å². The van der Waals surface area contributed by atoms with Crippen molar-refractivity contribution in [3.8, 4) is 5.75 Å². The van der Waals surface area contributed by atoms with Crippen LogP contribution in [-0.2, 0) is 14.3 Å². The lowest BCUT2D eigenvalue weighted by Crippen LogP contribution is -2.52. The van der Waals surface area contributed by atoms with Crippen molar-refractivity contribution in [3.63, 3.8) is 0 Å². The summed E-state index contributed by atoms with van der Waals surface area (Å²) in [5.41, 5.74) is 1.70. The number of carbonyl (C=O) groups excluding carboxylic acids is 3. The van der Waals surface area contributed by atoms with Gasteiger partial charge in [-0.3, -0.25) is 9.59 Å². The number of benzene rings is 2. The van der Waals surface area contributed by atoms with Gasteiger partial charge in [-0.15, -0.1) is 0 Å². The van der Waals surface area contributed by atoms with Gasteiger partial charge >= 0.3 is 6.09 Å². The van der Waals surface area contributed by atoms with Gasteiger partial charge in [0, 0.05) is 17.8 Å². The average molecular weight is 600 g/mol. The molecule has 0 aliphatic carbocycles. The average Bonchev–Trinajstić information content (AvgIpc) is 2.92. The standard InChI is InChI=1S/C33H49N3O5S/c1-8-9-10-11-14-21-36(31(39)27(20-22-42-7)35-32(40)41-33(4,5)6)28(25-18-15-17-24(3)29(25)37)30(38)34-26-19-13-12-16-23(26)2/h12-13,15-19,27-28,37H,8-11,14,20-22H2,1-7H3,(H,34,38)(H,35,40). The number of unbranched alkanes of at least 4 members (excludes halogenated alkanes) is 4. The smallest absolute Gasteiger partial charge is 0.408 e. The molecular weight excluding hydrogens is 550 g/mol.